The van der Waals surface area contributed by atoms with Crippen LogP contribution in [-0.2, 0) is 26.0 Å². The molecule has 0 radical (unpaired) electrons. The van der Waals surface area contributed by atoms with Gasteiger partial charge in [0.05, 0.1) is 9.13 Å². The van der Waals surface area contributed by atoms with Crippen molar-refractivity contribution in [3.05, 3.63) is 113 Å². The lowest BCUT2D eigenvalue weighted by Crippen LogP contribution is -2.24. The van der Waals surface area contributed by atoms with Crippen LogP contribution in [0.4, 0.5) is 5.00 Å². The predicted molar refractivity (Wildman–Crippen MR) is 168 cm³/mol. The Morgan fingerprint density at radius 1 is 0.973 bits per heavy atom. The second kappa shape index (κ2) is 12.5. The van der Waals surface area contributed by atoms with Crippen molar-refractivity contribution in [1.82, 2.24) is 5.32 Å². The summed E-state index contributed by atoms with van der Waals surface area (Å²) in [5.74, 6) is 0.762. The zero-order valence-corrected chi connectivity index (χ0v) is 25.3. The van der Waals surface area contributed by atoms with Crippen molar-refractivity contribution in [2.45, 2.75) is 38.8 Å². The summed E-state index contributed by atoms with van der Waals surface area (Å²) < 4.78 is 8.41. The quantitative estimate of drug-likeness (QED) is 0.147. The van der Waals surface area contributed by atoms with Crippen LogP contribution in [0.15, 0.2) is 77.8 Å². The molecule has 0 saturated carbocycles. The summed E-state index contributed by atoms with van der Waals surface area (Å²) in [6.07, 6.45) is 6.08. The van der Waals surface area contributed by atoms with Crippen molar-refractivity contribution in [3.8, 4) is 5.75 Å². The fraction of sp³-hybridized carbons (Fsp3) is 0.200. The van der Waals surface area contributed by atoms with Gasteiger partial charge in [0.1, 0.15) is 17.4 Å². The van der Waals surface area contributed by atoms with Crippen molar-refractivity contribution < 1.29 is 9.53 Å². The smallest absolute Gasteiger partial charge is 0.254 e. The van der Waals surface area contributed by atoms with Crippen LogP contribution in [0.2, 0.25) is 0 Å². The minimum absolute atomic E-state index is 0.0480. The number of rotatable bonds is 8. The maximum Gasteiger partial charge on any atom is 0.254 e. The van der Waals surface area contributed by atoms with Crippen LogP contribution in [0.25, 0.3) is 0 Å². The molecule has 0 aliphatic heterocycles. The number of nitrogens with one attached hydrogen (secondary N) is 1. The third-order valence-corrected chi connectivity index (χ3v) is 8.88. The molecule has 0 atom stereocenters. The van der Waals surface area contributed by atoms with E-state index in [9.17, 15) is 4.79 Å². The molecule has 1 aliphatic rings. The van der Waals surface area contributed by atoms with Crippen molar-refractivity contribution in [2.75, 3.05) is 0 Å². The molecule has 0 fully saturated rings. The molecular weight excluding hydrogens is 706 g/mol. The van der Waals surface area contributed by atoms with Gasteiger partial charge >= 0.3 is 0 Å². The van der Waals surface area contributed by atoms with E-state index in [4.69, 9.17) is 9.73 Å². The fourth-order valence-electron chi connectivity index (χ4n) is 4.43. The Labute approximate surface area is 248 Å². The number of aliphatic imine (C=N–C) groups is 1. The van der Waals surface area contributed by atoms with Gasteiger partial charge in [-0.05, 0) is 99.7 Å². The molecule has 4 nitrogen and oxygen atoms in total. The predicted octanol–water partition coefficient (Wildman–Crippen LogP) is 8.10. The summed E-state index contributed by atoms with van der Waals surface area (Å²) in [6, 6.07) is 24.4. The zero-order valence-electron chi connectivity index (χ0n) is 20.2. The second-order valence-corrected chi connectivity index (χ2v) is 12.4. The third-order valence-electron chi connectivity index (χ3n) is 6.26. The molecule has 0 spiro atoms. The number of ether oxygens (including phenoxy) is 1. The van der Waals surface area contributed by atoms with E-state index in [1.807, 2.05) is 54.7 Å². The topological polar surface area (TPSA) is 50.7 Å². The van der Waals surface area contributed by atoms with Gasteiger partial charge in [-0.25, -0.2) is 4.99 Å². The number of thiophene rings is 1. The molecule has 0 unspecified atom stereocenters. The lowest BCUT2D eigenvalue weighted by Gasteiger charge is -2.13. The summed E-state index contributed by atoms with van der Waals surface area (Å²) in [6.45, 7) is 0.985. The van der Waals surface area contributed by atoms with Gasteiger partial charge in [-0.2, -0.15) is 0 Å². The SMILES string of the molecule is O=C(NCc1ccccc1)c1c(N=Cc2cc(I)cc(I)c2OCc2ccccc2)sc2c1CCCC2. The molecule has 1 amide bonds. The number of fused-ring (bicyclic) bond motifs is 1. The highest BCUT2D eigenvalue weighted by atomic mass is 127. The van der Waals surface area contributed by atoms with Crippen molar-refractivity contribution in [1.29, 1.82) is 0 Å². The van der Waals surface area contributed by atoms with Crippen LogP contribution < -0.4 is 10.1 Å². The molecule has 0 bridgehead atoms. The van der Waals surface area contributed by atoms with Gasteiger partial charge in [-0.15, -0.1) is 11.3 Å². The first-order valence-corrected chi connectivity index (χ1v) is 15.2. The number of hydrogen-bond donors (Lipinski definition) is 1. The molecule has 5 rings (SSSR count). The molecule has 37 heavy (non-hydrogen) atoms. The van der Waals surface area contributed by atoms with Crippen molar-refractivity contribution in [2.24, 2.45) is 4.99 Å². The number of aryl methyl sites for hydroxylation is 1. The van der Waals surface area contributed by atoms with E-state index in [0.29, 0.717) is 13.2 Å². The Hall–Kier alpha value is -2.24. The molecule has 1 heterocycles. The monoisotopic (exact) mass is 732 g/mol. The van der Waals surface area contributed by atoms with Crippen LogP contribution in [-0.4, -0.2) is 12.1 Å². The highest BCUT2D eigenvalue weighted by Crippen LogP contribution is 2.40. The average Bonchev–Trinajstić information content (AvgIpc) is 3.29. The molecule has 3 aromatic carbocycles. The molecule has 7 heteroatoms. The maximum absolute atomic E-state index is 13.4. The van der Waals surface area contributed by atoms with Crippen LogP contribution in [0, 0.1) is 7.14 Å². The number of carbonyl (C=O) groups is 1. The molecule has 188 valence electrons. The summed E-state index contributed by atoms with van der Waals surface area (Å²) >= 11 is 6.29. The van der Waals surface area contributed by atoms with E-state index in [2.05, 4.69) is 74.8 Å². The third kappa shape index (κ3) is 6.61. The Morgan fingerprint density at radius 3 is 2.43 bits per heavy atom. The Kier molecular flexibility index (Phi) is 8.93. The van der Waals surface area contributed by atoms with E-state index in [0.717, 1.165) is 65.8 Å². The van der Waals surface area contributed by atoms with Gasteiger partial charge in [-0.3, -0.25) is 4.79 Å². The normalized spacial score (nSPS) is 12.9. The fourth-order valence-corrected chi connectivity index (χ4v) is 7.71. The van der Waals surface area contributed by atoms with E-state index >= 15 is 0 Å². The summed E-state index contributed by atoms with van der Waals surface area (Å²) in [7, 11) is 0. The zero-order chi connectivity index (χ0) is 25.6. The first-order valence-electron chi connectivity index (χ1n) is 12.2. The van der Waals surface area contributed by atoms with Crippen LogP contribution in [0.5, 0.6) is 5.75 Å². The van der Waals surface area contributed by atoms with Gasteiger partial charge < -0.3 is 10.1 Å². The van der Waals surface area contributed by atoms with Gasteiger partial charge in [0.2, 0.25) is 0 Å². The minimum atomic E-state index is -0.0480. The number of carbonyl (C=O) groups excluding carboxylic acids is 1. The summed E-state index contributed by atoms with van der Waals surface area (Å²) in [4.78, 5) is 19.6. The van der Waals surface area contributed by atoms with Gasteiger partial charge in [0, 0.05) is 26.8 Å². The standard InChI is InChI=1S/C30H26I2N2O2S/c31-23-15-22(28(25(32)16-23)36-19-21-11-5-2-6-12-21)18-34-30-27(24-13-7-8-14-26(24)37-30)29(35)33-17-20-9-3-1-4-10-20/h1-6,9-12,15-16,18H,7-8,13-14,17,19H2,(H,33,35). The van der Waals surface area contributed by atoms with Crippen LogP contribution in [0.1, 0.15) is 50.3 Å². The minimum Gasteiger partial charge on any atom is -0.487 e. The second-order valence-electron chi connectivity index (χ2n) is 8.90. The number of hydrogen-bond acceptors (Lipinski definition) is 4. The maximum atomic E-state index is 13.4. The van der Waals surface area contributed by atoms with E-state index in [1.165, 1.54) is 10.4 Å². The van der Waals surface area contributed by atoms with Crippen molar-refractivity contribution in [3.63, 3.8) is 0 Å². The number of benzene rings is 3. The van der Waals surface area contributed by atoms with Gasteiger partial charge in [0.15, 0.2) is 0 Å². The molecule has 0 saturated heterocycles. The lowest BCUT2D eigenvalue weighted by molar-refractivity contribution is 0.0951. The van der Waals surface area contributed by atoms with Gasteiger partial charge in [0.25, 0.3) is 5.91 Å². The Bertz CT molecular complexity index is 1420. The molecule has 1 aromatic heterocycles. The van der Waals surface area contributed by atoms with Crippen LogP contribution in [0.3, 0.4) is 0 Å². The largest absolute Gasteiger partial charge is 0.487 e. The first kappa shape index (κ1) is 26.4. The van der Waals surface area contributed by atoms with Gasteiger partial charge in [-0.1, -0.05) is 60.7 Å². The molecular formula is C30H26I2N2O2S. The summed E-state index contributed by atoms with van der Waals surface area (Å²) in [5.41, 5.74) is 5.02. The molecule has 1 aliphatic carbocycles. The number of nitrogens with zero attached hydrogens (tertiary/aromatic N) is 1. The van der Waals surface area contributed by atoms with E-state index < -0.39 is 0 Å². The van der Waals surface area contributed by atoms with E-state index in [1.54, 1.807) is 11.3 Å². The highest BCUT2D eigenvalue weighted by molar-refractivity contribution is 14.1. The van der Waals surface area contributed by atoms with Crippen molar-refractivity contribution >= 4 is 73.6 Å². The van der Waals surface area contributed by atoms with E-state index in [-0.39, 0.29) is 5.91 Å². The average molecular weight is 732 g/mol. The Balaban J connectivity index is 1.43. The number of halogens is 2. The first-order chi connectivity index (χ1) is 18.1. The Morgan fingerprint density at radius 2 is 1.68 bits per heavy atom. The highest BCUT2D eigenvalue weighted by Gasteiger charge is 2.25. The lowest BCUT2D eigenvalue weighted by atomic mass is 9.95. The number of amides is 1. The summed E-state index contributed by atoms with van der Waals surface area (Å²) in [5, 5.41) is 3.90. The molecule has 4 aromatic rings. The molecule has 1 N–H and O–H groups in total. The van der Waals surface area contributed by atoms with Crippen LogP contribution >= 0.6 is 56.5 Å².